The average Bonchev–Trinajstić information content (AvgIpc) is 3.12. The summed E-state index contributed by atoms with van der Waals surface area (Å²) < 4.78 is 5.57. The fourth-order valence-corrected chi connectivity index (χ4v) is 2.62. The number of ether oxygens (including phenoxy) is 1. The van der Waals surface area contributed by atoms with Crippen LogP contribution in [0.25, 0.3) is 0 Å². The van der Waals surface area contributed by atoms with Crippen LogP contribution in [0.1, 0.15) is 39.5 Å². The van der Waals surface area contributed by atoms with Crippen molar-refractivity contribution in [2.24, 2.45) is 5.92 Å². The van der Waals surface area contributed by atoms with E-state index >= 15 is 0 Å². The zero-order valence-corrected chi connectivity index (χ0v) is 11.5. The smallest absolute Gasteiger partial charge is 0.0518 e. The monoisotopic (exact) mass is 240 g/mol. The van der Waals surface area contributed by atoms with Crippen molar-refractivity contribution in [3.05, 3.63) is 0 Å². The lowest BCUT2D eigenvalue weighted by Crippen LogP contribution is -2.51. The molecule has 100 valence electrons. The highest BCUT2D eigenvalue weighted by molar-refractivity contribution is 4.91. The fraction of sp³-hybridized carbons (Fsp3) is 1.00. The summed E-state index contributed by atoms with van der Waals surface area (Å²) in [4.78, 5) is 2.63. The molecule has 0 aromatic rings. The number of hydrogen-bond donors (Lipinski definition) is 1. The van der Waals surface area contributed by atoms with Gasteiger partial charge in [0.25, 0.3) is 0 Å². The number of unbranched alkanes of at least 4 members (excludes halogenated alkanes) is 1. The molecule has 2 rings (SSSR count). The number of hydrogen-bond acceptors (Lipinski definition) is 3. The van der Waals surface area contributed by atoms with Gasteiger partial charge in [0.05, 0.1) is 6.10 Å². The molecule has 17 heavy (non-hydrogen) atoms. The van der Waals surface area contributed by atoms with Gasteiger partial charge in [-0.3, -0.25) is 0 Å². The molecular formula is C14H28N2O. The topological polar surface area (TPSA) is 24.5 Å². The van der Waals surface area contributed by atoms with Crippen molar-refractivity contribution >= 4 is 0 Å². The first kappa shape index (κ1) is 13.3. The van der Waals surface area contributed by atoms with Crippen LogP contribution in [0.2, 0.25) is 0 Å². The molecule has 1 aliphatic heterocycles. The van der Waals surface area contributed by atoms with Gasteiger partial charge in [-0.25, -0.2) is 0 Å². The largest absolute Gasteiger partial charge is 0.379 e. The van der Waals surface area contributed by atoms with Crippen LogP contribution in [0, 0.1) is 5.92 Å². The molecule has 1 atom stereocenters. The van der Waals surface area contributed by atoms with Gasteiger partial charge in [0.2, 0.25) is 0 Å². The molecule has 0 bridgehead atoms. The number of nitrogens with zero attached hydrogens (tertiary/aromatic N) is 1. The Balaban J connectivity index is 1.52. The van der Waals surface area contributed by atoms with Crippen LogP contribution in [0.4, 0.5) is 0 Å². The van der Waals surface area contributed by atoms with Crippen molar-refractivity contribution in [2.75, 3.05) is 32.8 Å². The van der Waals surface area contributed by atoms with Gasteiger partial charge in [-0.2, -0.15) is 0 Å². The summed E-state index contributed by atoms with van der Waals surface area (Å²) in [6.07, 6.45) is 5.77. The Kier molecular flexibility index (Phi) is 5.26. The Morgan fingerprint density at radius 1 is 1.29 bits per heavy atom. The third-order valence-electron chi connectivity index (χ3n) is 3.80. The van der Waals surface area contributed by atoms with E-state index in [0.29, 0.717) is 6.10 Å². The minimum absolute atomic E-state index is 0.383. The van der Waals surface area contributed by atoms with Crippen LogP contribution in [0.15, 0.2) is 0 Å². The fourth-order valence-electron chi connectivity index (χ4n) is 2.62. The third kappa shape index (κ3) is 4.94. The molecule has 1 saturated carbocycles. The molecular weight excluding hydrogens is 212 g/mol. The minimum Gasteiger partial charge on any atom is -0.379 e. The Morgan fingerprint density at radius 3 is 2.82 bits per heavy atom. The molecule has 3 heteroatoms. The molecule has 0 amide bonds. The average molecular weight is 240 g/mol. The second kappa shape index (κ2) is 6.72. The summed E-state index contributed by atoms with van der Waals surface area (Å²) in [7, 11) is 0. The van der Waals surface area contributed by atoms with Gasteiger partial charge in [0.15, 0.2) is 0 Å². The predicted molar refractivity (Wildman–Crippen MR) is 71.3 cm³/mol. The highest BCUT2D eigenvalue weighted by Crippen LogP contribution is 2.33. The van der Waals surface area contributed by atoms with Crippen LogP contribution in [-0.2, 0) is 4.74 Å². The van der Waals surface area contributed by atoms with E-state index in [9.17, 15) is 0 Å². The maximum atomic E-state index is 5.57. The summed E-state index contributed by atoms with van der Waals surface area (Å²) in [5, 5.41) is 3.66. The van der Waals surface area contributed by atoms with Gasteiger partial charge < -0.3 is 15.0 Å². The quantitative estimate of drug-likeness (QED) is 0.688. The number of piperazine rings is 1. The van der Waals surface area contributed by atoms with Gasteiger partial charge in [0.1, 0.15) is 0 Å². The van der Waals surface area contributed by atoms with E-state index in [4.69, 9.17) is 4.74 Å². The lowest BCUT2D eigenvalue weighted by Gasteiger charge is -2.33. The number of nitrogens with one attached hydrogen (secondary N) is 1. The highest BCUT2D eigenvalue weighted by Gasteiger charge is 2.33. The zero-order chi connectivity index (χ0) is 12.1. The summed E-state index contributed by atoms with van der Waals surface area (Å²) in [5.41, 5.74) is 0. The molecule has 2 fully saturated rings. The van der Waals surface area contributed by atoms with E-state index in [2.05, 4.69) is 24.1 Å². The van der Waals surface area contributed by atoms with E-state index in [-0.39, 0.29) is 0 Å². The normalized spacial score (nSPS) is 26.6. The van der Waals surface area contributed by atoms with Gasteiger partial charge >= 0.3 is 0 Å². The first-order chi connectivity index (χ1) is 8.25. The molecule has 0 aromatic heterocycles. The lowest BCUT2D eigenvalue weighted by atomic mass is 10.1. The van der Waals surface area contributed by atoms with E-state index in [1.165, 1.54) is 51.9 Å². The van der Waals surface area contributed by atoms with Crippen LogP contribution < -0.4 is 5.32 Å². The second-order valence-corrected chi connectivity index (χ2v) is 5.83. The highest BCUT2D eigenvalue weighted by atomic mass is 16.5. The van der Waals surface area contributed by atoms with Gasteiger partial charge in [0, 0.05) is 32.3 Å². The second-order valence-electron chi connectivity index (χ2n) is 5.83. The summed E-state index contributed by atoms with van der Waals surface area (Å²) in [5.74, 6) is 0.988. The summed E-state index contributed by atoms with van der Waals surface area (Å²) in [6, 6.07) is 0.788. The molecule has 1 unspecified atom stereocenters. The minimum atomic E-state index is 0.383. The van der Waals surface area contributed by atoms with Gasteiger partial charge in [-0.05, 0) is 52.0 Å². The van der Waals surface area contributed by atoms with Crippen molar-refractivity contribution in [1.82, 2.24) is 10.2 Å². The standard InChI is InChI=1S/C14H28N2O/c1-12(2)17-10-4-3-8-16-9-7-15-14(11-16)13-5-6-13/h12-15H,3-11H2,1-2H3. The third-order valence-corrected chi connectivity index (χ3v) is 3.80. The maximum Gasteiger partial charge on any atom is 0.0518 e. The van der Waals surface area contributed by atoms with E-state index in [1.807, 2.05) is 0 Å². The number of rotatable bonds is 7. The van der Waals surface area contributed by atoms with Crippen molar-refractivity contribution in [3.63, 3.8) is 0 Å². The first-order valence-electron chi connectivity index (χ1n) is 7.33. The summed E-state index contributed by atoms with van der Waals surface area (Å²) >= 11 is 0. The van der Waals surface area contributed by atoms with Crippen LogP contribution in [0.3, 0.4) is 0 Å². The molecule has 1 aliphatic carbocycles. The Hall–Kier alpha value is -0.120. The zero-order valence-electron chi connectivity index (χ0n) is 11.5. The van der Waals surface area contributed by atoms with Crippen molar-refractivity contribution < 1.29 is 4.74 Å². The van der Waals surface area contributed by atoms with Crippen LogP contribution >= 0.6 is 0 Å². The molecule has 0 spiro atoms. The Labute approximate surface area is 106 Å². The van der Waals surface area contributed by atoms with Crippen LogP contribution in [-0.4, -0.2) is 49.8 Å². The molecule has 1 N–H and O–H groups in total. The van der Waals surface area contributed by atoms with E-state index in [1.54, 1.807) is 0 Å². The maximum absolute atomic E-state index is 5.57. The Morgan fingerprint density at radius 2 is 2.12 bits per heavy atom. The molecule has 1 saturated heterocycles. The van der Waals surface area contributed by atoms with Crippen molar-refractivity contribution in [3.8, 4) is 0 Å². The van der Waals surface area contributed by atoms with Gasteiger partial charge in [-0.1, -0.05) is 0 Å². The van der Waals surface area contributed by atoms with Crippen molar-refractivity contribution in [1.29, 1.82) is 0 Å². The molecule has 2 aliphatic rings. The molecule has 0 aromatic carbocycles. The Bertz CT molecular complexity index is 216. The van der Waals surface area contributed by atoms with Crippen LogP contribution in [0.5, 0.6) is 0 Å². The van der Waals surface area contributed by atoms with Gasteiger partial charge in [-0.15, -0.1) is 0 Å². The predicted octanol–water partition coefficient (Wildman–Crippen LogP) is 1.88. The molecule has 0 radical (unpaired) electrons. The lowest BCUT2D eigenvalue weighted by molar-refractivity contribution is 0.0732. The van der Waals surface area contributed by atoms with E-state index in [0.717, 1.165) is 18.6 Å². The molecule has 3 nitrogen and oxygen atoms in total. The van der Waals surface area contributed by atoms with Crippen molar-refractivity contribution in [2.45, 2.75) is 51.7 Å². The summed E-state index contributed by atoms with van der Waals surface area (Å²) in [6.45, 7) is 10.1. The molecule has 1 heterocycles. The first-order valence-corrected chi connectivity index (χ1v) is 7.33. The van der Waals surface area contributed by atoms with E-state index < -0.39 is 0 Å². The SMILES string of the molecule is CC(C)OCCCCN1CCNC(C2CC2)C1.